The molecule has 0 saturated heterocycles. The van der Waals surface area contributed by atoms with Gasteiger partial charge >= 0.3 is 0 Å². The molecule has 0 amide bonds. The Labute approximate surface area is 121 Å². The van der Waals surface area contributed by atoms with Gasteiger partial charge in [0.1, 0.15) is 30.8 Å². The first kappa shape index (κ1) is 18.0. The summed E-state index contributed by atoms with van der Waals surface area (Å²) in [5.41, 5.74) is 0.126. The molecule has 1 rings (SSSR count). The normalized spacial score (nSPS) is 12.5. The minimum Gasteiger partial charge on any atom is -1.00 e. The summed E-state index contributed by atoms with van der Waals surface area (Å²) < 4.78 is 10.6. The lowest BCUT2D eigenvalue weighted by atomic mass is 10.1. The van der Waals surface area contributed by atoms with Gasteiger partial charge in [-0.05, 0) is 45.0 Å². The summed E-state index contributed by atoms with van der Waals surface area (Å²) in [5, 5.41) is 11.9. The van der Waals surface area contributed by atoms with Gasteiger partial charge in [-0.2, -0.15) is 0 Å². The lowest BCUT2D eigenvalue weighted by Gasteiger charge is -2.19. The Bertz CT molecular complexity index is 349. The average molecular weight is 290 g/mol. The fourth-order valence-electron chi connectivity index (χ4n) is 1.42. The molecule has 0 aromatic heterocycles. The van der Waals surface area contributed by atoms with Crippen LogP contribution in [0.2, 0.25) is 0 Å². The summed E-state index contributed by atoms with van der Waals surface area (Å²) in [5.74, 6) is 1.54. The second kappa shape index (κ2) is 8.25. The number of halogens is 1. The SMILES string of the molecule is COc1ccc(OCC(O)C[NH2+]C(C)(C)C)cc1.[Cl-]. The Morgan fingerprint density at radius 2 is 1.68 bits per heavy atom. The molecule has 0 bridgehead atoms. The molecule has 1 atom stereocenters. The van der Waals surface area contributed by atoms with E-state index in [4.69, 9.17) is 9.47 Å². The first-order chi connectivity index (χ1) is 8.40. The number of hydrogen-bond acceptors (Lipinski definition) is 3. The van der Waals surface area contributed by atoms with Crippen molar-refractivity contribution in [2.24, 2.45) is 0 Å². The van der Waals surface area contributed by atoms with E-state index in [1.165, 1.54) is 0 Å². The summed E-state index contributed by atoms with van der Waals surface area (Å²) in [6.07, 6.45) is -0.466. The van der Waals surface area contributed by atoms with Crippen molar-refractivity contribution in [2.75, 3.05) is 20.3 Å². The molecule has 0 aliphatic carbocycles. The number of ether oxygens (including phenoxy) is 2. The van der Waals surface area contributed by atoms with Crippen molar-refractivity contribution >= 4 is 0 Å². The van der Waals surface area contributed by atoms with Gasteiger partial charge in [-0.25, -0.2) is 0 Å². The van der Waals surface area contributed by atoms with Crippen molar-refractivity contribution in [2.45, 2.75) is 32.4 Å². The fraction of sp³-hybridized carbons (Fsp3) is 0.571. The molecule has 0 radical (unpaired) electrons. The molecular weight excluding hydrogens is 266 g/mol. The molecule has 110 valence electrons. The smallest absolute Gasteiger partial charge is 0.137 e. The summed E-state index contributed by atoms with van der Waals surface area (Å²) >= 11 is 0. The van der Waals surface area contributed by atoms with Crippen LogP contribution < -0.4 is 27.2 Å². The zero-order valence-electron chi connectivity index (χ0n) is 12.0. The third-order valence-corrected chi connectivity index (χ3v) is 2.50. The van der Waals surface area contributed by atoms with Crippen molar-refractivity contribution < 1.29 is 32.3 Å². The first-order valence-electron chi connectivity index (χ1n) is 6.20. The van der Waals surface area contributed by atoms with Crippen LogP contribution in [0.25, 0.3) is 0 Å². The Hall–Kier alpha value is -0.970. The summed E-state index contributed by atoms with van der Waals surface area (Å²) in [6.45, 7) is 7.29. The van der Waals surface area contributed by atoms with Crippen LogP contribution in [0.15, 0.2) is 24.3 Å². The molecular formula is C14H24ClNO3. The monoisotopic (exact) mass is 289 g/mol. The van der Waals surface area contributed by atoms with Crippen molar-refractivity contribution in [1.29, 1.82) is 0 Å². The molecule has 0 saturated carbocycles. The number of quaternary nitrogens is 1. The number of methoxy groups -OCH3 is 1. The van der Waals surface area contributed by atoms with E-state index >= 15 is 0 Å². The average Bonchev–Trinajstić information content (AvgIpc) is 2.33. The van der Waals surface area contributed by atoms with Crippen LogP contribution in [0.4, 0.5) is 0 Å². The second-order valence-electron chi connectivity index (χ2n) is 5.45. The van der Waals surface area contributed by atoms with Crippen LogP contribution in [-0.2, 0) is 0 Å². The zero-order valence-corrected chi connectivity index (χ0v) is 12.8. The number of rotatable bonds is 6. The van der Waals surface area contributed by atoms with Gasteiger partial charge in [0.15, 0.2) is 0 Å². The van der Waals surface area contributed by atoms with Gasteiger partial charge in [0, 0.05) is 0 Å². The predicted octanol–water partition coefficient (Wildman–Crippen LogP) is -2.20. The van der Waals surface area contributed by atoms with Gasteiger partial charge in [-0.1, -0.05) is 0 Å². The minimum absolute atomic E-state index is 0. The maximum atomic E-state index is 9.79. The molecule has 0 fully saturated rings. The molecule has 1 aromatic rings. The molecule has 0 heterocycles. The Morgan fingerprint density at radius 1 is 1.16 bits per heavy atom. The van der Waals surface area contributed by atoms with Gasteiger partial charge in [0.05, 0.1) is 12.6 Å². The van der Waals surface area contributed by atoms with E-state index in [1.807, 2.05) is 24.3 Å². The third kappa shape index (κ3) is 7.93. The molecule has 4 nitrogen and oxygen atoms in total. The molecule has 5 heteroatoms. The predicted molar refractivity (Wildman–Crippen MR) is 71.0 cm³/mol. The lowest BCUT2D eigenvalue weighted by Crippen LogP contribution is -3.00. The molecule has 1 aromatic carbocycles. The van der Waals surface area contributed by atoms with Crippen molar-refractivity contribution in [1.82, 2.24) is 0 Å². The van der Waals surface area contributed by atoms with E-state index < -0.39 is 6.10 Å². The standard InChI is InChI=1S/C14H23NO3.ClH/c1-14(2,3)15-9-11(16)10-18-13-7-5-12(17-4)6-8-13;/h5-8,11,15-16H,9-10H2,1-4H3;1H. The van der Waals surface area contributed by atoms with Crippen molar-refractivity contribution in [3.8, 4) is 11.5 Å². The third-order valence-electron chi connectivity index (χ3n) is 2.50. The van der Waals surface area contributed by atoms with E-state index in [2.05, 4.69) is 26.1 Å². The maximum Gasteiger partial charge on any atom is 0.137 e. The summed E-state index contributed by atoms with van der Waals surface area (Å²) in [7, 11) is 1.63. The van der Waals surface area contributed by atoms with Crippen LogP contribution in [0.3, 0.4) is 0 Å². The van der Waals surface area contributed by atoms with Gasteiger partial charge in [-0.15, -0.1) is 0 Å². The first-order valence-corrected chi connectivity index (χ1v) is 6.20. The van der Waals surface area contributed by atoms with Gasteiger partial charge < -0.3 is 32.3 Å². The van der Waals surface area contributed by atoms with Crippen molar-refractivity contribution in [3.63, 3.8) is 0 Å². The van der Waals surface area contributed by atoms with Gasteiger partial charge in [0.25, 0.3) is 0 Å². The Morgan fingerprint density at radius 3 is 2.16 bits per heavy atom. The number of nitrogens with two attached hydrogens (primary N) is 1. The highest BCUT2D eigenvalue weighted by molar-refractivity contribution is 5.31. The second-order valence-corrected chi connectivity index (χ2v) is 5.45. The molecule has 3 N–H and O–H groups in total. The van der Waals surface area contributed by atoms with Gasteiger partial charge in [0.2, 0.25) is 0 Å². The highest BCUT2D eigenvalue weighted by Gasteiger charge is 2.16. The van der Waals surface area contributed by atoms with E-state index in [0.717, 1.165) is 11.5 Å². The number of aliphatic hydroxyl groups is 1. The molecule has 19 heavy (non-hydrogen) atoms. The molecule has 1 unspecified atom stereocenters. The number of aliphatic hydroxyl groups excluding tert-OH is 1. The van der Waals surface area contributed by atoms with Crippen LogP contribution in [0, 0.1) is 0 Å². The fourth-order valence-corrected chi connectivity index (χ4v) is 1.42. The highest BCUT2D eigenvalue weighted by Crippen LogP contribution is 2.16. The topological polar surface area (TPSA) is 55.3 Å². The molecule has 0 aliphatic heterocycles. The van der Waals surface area contributed by atoms with E-state index in [0.29, 0.717) is 13.2 Å². The Balaban J connectivity index is 0.00000324. The van der Waals surface area contributed by atoms with Crippen LogP contribution >= 0.6 is 0 Å². The number of benzene rings is 1. The summed E-state index contributed by atoms with van der Waals surface area (Å²) in [6, 6.07) is 7.34. The molecule has 0 spiro atoms. The van der Waals surface area contributed by atoms with Crippen molar-refractivity contribution in [3.05, 3.63) is 24.3 Å². The Kier molecular flexibility index (Phi) is 7.83. The zero-order chi connectivity index (χ0) is 13.6. The van der Waals surface area contributed by atoms with Crippen LogP contribution in [-0.4, -0.2) is 37.0 Å². The van der Waals surface area contributed by atoms with E-state index in [-0.39, 0.29) is 17.9 Å². The van der Waals surface area contributed by atoms with Gasteiger partial charge in [-0.3, -0.25) is 0 Å². The quantitative estimate of drug-likeness (QED) is 0.625. The lowest BCUT2D eigenvalue weighted by molar-refractivity contribution is -0.722. The minimum atomic E-state index is -0.466. The summed E-state index contributed by atoms with van der Waals surface area (Å²) in [4.78, 5) is 0. The van der Waals surface area contributed by atoms with Crippen LogP contribution in [0.1, 0.15) is 20.8 Å². The number of hydrogen-bond donors (Lipinski definition) is 2. The maximum absolute atomic E-state index is 9.79. The molecule has 0 aliphatic rings. The van der Waals surface area contributed by atoms with E-state index in [9.17, 15) is 5.11 Å². The van der Waals surface area contributed by atoms with E-state index in [1.54, 1.807) is 7.11 Å². The highest BCUT2D eigenvalue weighted by atomic mass is 35.5. The largest absolute Gasteiger partial charge is 1.00 e. The van der Waals surface area contributed by atoms with Crippen LogP contribution in [0.5, 0.6) is 11.5 Å².